The predicted octanol–water partition coefficient (Wildman–Crippen LogP) is 6.19. The van der Waals surface area contributed by atoms with E-state index in [4.69, 9.17) is 14.5 Å². The molecule has 3 aromatic rings. The zero-order valence-corrected chi connectivity index (χ0v) is 25.0. The summed E-state index contributed by atoms with van der Waals surface area (Å²) in [6.45, 7) is 11.5. The smallest absolute Gasteiger partial charge is 0.247 e. The van der Waals surface area contributed by atoms with Crippen LogP contribution in [0.2, 0.25) is 0 Å². The molecule has 0 bridgehead atoms. The maximum Gasteiger partial charge on any atom is 0.247 e. The number of methoxy groups -OCH3 is 1. The van der Waals surface area contributed by atoms with Crippen LogP contribution in [0.5, 0.6) is 17.4 Å². The van der Waals surface area contributed by atoms with Crippen LogP contribution in [0, 0.1) is 6.92 Å². The number of benzene rings is 2. The number of carbonyl (C=O) groups is 1. The van der Waals surface area contributed by atoms with Gasteiger partial charge in [-0.25, -0.2) is 0 Å². The third kappa shape index (κ3) is 7.15. The number of nitrogens with one attached hydrogen (secondary N) is 2. The molecule has 2 aliphatic rings. The number of carbonyl (C=O) groups excluding carboxylic acids is 1. The van der Waals surface area contributed by atoms with E-state index < -0.39 is 0 Å². The second kappa shape index (κ2) is 13.6. The summed E-state index contributed by atoms with van der Waals surface area (Å²) >= 11 is 0. The molecule has 2 saturated heterocycles. The molecular formula is C33H42N6O3. The first-order valence-electron chi connectivity index (χ1n) is 14.8. The van der Waals surface area contributed by atoms with Crippen molar-refractivity contribution < 1.29 is 14.3 Å². The second-order valence-corrected chi connectivity index (χ2v) is 11.0. The maximum atomic E-state index is 12.0. The molecule has 1 aromatic heterocycles. The fourth-order valence-electron chi connectivity index (χ4n) is 5.41. The summed E-state index contributed by atoms with van der Waals surface area (Å²) in [6.07, 6.45) is 5.99. The van der Waals surface area contributed by atoms with Crippen molar-refractivity contribution in [3.8, 4) is 17.4 Å². The van der Waals surface area contributed by atoms with Gasteiger partial charge in [0.2, 0.25) is 11.8 Å². The minimum Gasteiger partial charge on any atom is -0.494 e. The molecule has 0 atom stereocenters. The fourth-order valence-corrected chi connectivity index (χ4v) is 5.41. The van der Waals surface area contributed by atoms with Gasteiger partial charge in [-0.05, 0) is 68.8 Å². The maximum absolute atomic E-state index is 12.0. The van der Waals surface area contributed by atoms with Gasteiger partial charge in [0.05, 0.1) is 12.8 Å². The van der Waals surface area contributed by atoms with E-state index in [9.17, 15) is 4.79 Å². The van der Waals surface area contributed by atoms with Gasteiger partial charge in [0, 0.05) is 62.8 Å². The van der Waals surface area contributed by atoms with Gasteiger partial charge in [-0.2, -0.15) is 4.98 Å². The van der Waals surface area contributed by atoms with E-state index in [1.807, 2.05) is 37.3 Å². The van der Waals surface area contributed by atoms with E-state index in [0.29, 0.717) is 23.1 Å². The highest BCUT2D eigenvalue weighted by Crippen LogP contribution is 2.37. The number of amides is 1. The predicted molar refractivity (Wildman–Crippen MR) is 171 cm³/mol. The van der Waals surface area contributed by atoms with E-state index in [2.05, 4.69) is 57.2 Å². The number of hydrogen-bond donors (Lipinski definition) is 2. The molecule has 0 spiro atoms. The van der Waals surface area contributed by atoms with E-state index >= 15 is 0 Å². The Hall–Kier alpha value is -4.24. The number of nitrogens with zero attached hydrogens (tertiary/aromatic N) is 4. The summed E-state index contributed by atoms with van der Waals surface area (Å²) in [7, 11) is 3.85. The molecular weight excluding hydrogens is 528 g/mol. The quantitative estimate of drug-likeness (QED) is 0.295. The second-order valence-electron chi connectivity index (χ2n) is 11.0. The molecule has 9 nitrogen and oxygen atoms in total. The number of aromatic nitrogens is 1. The van der Waals surface area contributed by atoms with Crippen molar-refractivity contribution in [3.63, 3.8) is 0 Å². The van der Waals surface area contributed by atoms with Gasteiger partial charge in [0.15, 0.2) is 0 Å². The van der Waals surface area contributed by atoms with Gasteiger partial charge in [-0.15, -0.1) is 0 Å². The van der Waals surface area contributed by atoms with Crippen LogP contribution in [0.4, 0.5) is 28.6 Å². The van der Waals surface area contributed by atoms with Gasteiger partial charge in [0.25, 0.3) is 0 Å². The molecule has 3 heterocycles. The number of hydrogen-bond acceptors (Lipinski definition) is 8. The number of anilines is 5. The molecule has 0 radical (unpaired) electrons. The number of likely N-dealkylation sites (N-methyl/N-ethyl adjacent to an activating group) is 1. The normalized spacial score (nSPS) is 16.0. The molecule has 0 aliphatic carbocycles. The van der Waals surface area contributed by atoms with Crippen LogP contribution >= 0.6 is 0 Å². The number of piperazine rings is 1. The van der Waals surface area contributed by atoms with Crippen molar-refractivity contribution in [2.24, 2.45) is 0 Å². The van der Waals surface area contributed by atoms with Crippen LogP contribution in [0.25, 0.3) is 0 Å². The largest absolute Gasteiger partial charge is 0.494 e. The fraction of sp³-hybridized carbons (Fsp3) is 0.394. The van der Waals surface area contributed by atoms with E-state index in [1.165, 1.54) is 18.9 Å². The monoisotopic (exact) mass is 570 g/mol. The lowest BCUT2D eigenvalue weighted by Crippen LogP contribution is -2.44. The number of ether oxygens (including phenoxy) is 2. The molecule has 2 aliphatic heterocycles. The lowest BCUT2D eigenvalue weighted by Gasteiger charge is -2.34. The van der Waals surface area contributed by atoms with E-state index in [-0.39, 0.29) is 5.91 Å². The van der Waals surface area contributed by atoms with Crippen LogP contribution in [0.15, 0.2) is 61.2 Å². The van der Waals surface area contributed by atoms with Crippen LogP contribution in [-0.2, 0) is 4.79 Å². The Balaban J connectivity index is 1.43. The highest BCUT2D eigenvalue weighted by Gasteiger charge is 2.20. The van der Waals surface area contributed by atoms with Gasteiger partial charge in [-0.3, -0.25) is 4.79 Å². The van der Waals surface area contributed by atoms with Crippen molar-refractivity contribution in [1.82, 2.24) is 9.88 Å². The zero-order chi connectivity index (χ0) is 29.5. The number of rotatable bonds is 9. The lowest BCUT2D eigenvalue weighted by molar-refractivity contribution is -0.111. The van der Waals surface area contributed by atoms with E-state index in [0.717, 1.165) is 80.5 Å². The topological polar surface area (TPSA) is 82.2 Å². The molecule has 1 amide bonds. The van der Waals surface area contributed by atoms with Crippen LogP contribution < -0.4 is 29.9 Å². The summed E-state index contributed by atoms with van der Waals surface area (Å²) in [5.74, 6) is 2.25. The summed E-state index contributed by atoms with van der Waals surface area (Å²) in [5, 5.41) is 6.31. The minimum atomic E-state index is -0.266. The lowest BCUT2D eigenvalue weighted by atomic mass is 10.2. The van der Waals surface area contributed by atoms with Crippen molar-refractivity contribution >= 4 is 34.5 Å². The highest BCUT2D eigenvalue weighted by atomic mass is 16.5. The third-order valence-electron chi connectivity index (χ3n) is 7.97. The van der Waals surface area contributed by atoms with Gasteiger partial charge < -0.3 is 34.8 Å². The molecule has 2 N–H and O–H groups in total. The third-order valence-corrected chi connectivity index (χ3v) is 7.97. The molecule has 0 unspecified atom stereocenters. The highest BCUT2D eigenvalue weighted by molar-refractivity contribution is 5.99. The Morgan fingerprint density at radius 1 is 0.905 bits per heavy atom. The van der Waals surface area contributed by atoms with Crippen molar-refractivity contribution in [2.45, 2.75) is 32.6 Å². The van der Waals surface area contributed by atoms with Crippen LogP contribution in [-0.4, -0.2) is 69.2 Å². The van der Waals surface area contributed by atoms with Crippen LogP contribution in [0.1, 0.15) is 31.2 Å². The molecule has 5 rings (SSSR count). The van der Waals surface area contributed by atoms with Gasteiger partial charge in [-0.1, -0.05) is 25.5 Å². The zero-order valence-electron chi connectivity index (χ0n) is 25.0. The molecule has 9 heteroatoms. The number of aryl methyl sites for hydroxylation is 1. The summed E-state index contributed by atoms with van der Waals surface area (Å²) in [5.41, 5.74) is 4.55. The van der Waals surface area contributed by atoms with Gasteiger partial charge >= 0.3 is 0 Å². The first-order valence-corrected chi connectivity index (χ1v) is 14.8. The van der Waals surface area contributed by atoms with Crippen LogP contribution in [0.3, 0.4) is 0 Å². The SMILES string of the molecule is C=CC(=O)Nc1cc(Oc2nc(Nc3ccc(N4CCN(C)CC4)cc3OC)ccc2N2CCCCCC2)ccc1C. The van der Waals surface area contributed by atoms with Gasteiger partial charge in [0.1, 0.15) is 23.0 Å². The molecule has 0 saturated carbocycles. The first-order chi connectivity index (χ1) is 20.4. The Morgan fingerprint density at radius 3 is 2.38 bits per heavy atom. The van der Waals surface area contributed by atoms with Crippen molar-refractivity contribution in [3.05, 3.63) is 66.7 Å². The molecule has 2 aromatic carbocycles. The first kappa shape index (κ1) is 29.3. The Morgan fingerprint density at radius 2 is 1.67 bits per heavy atom. The average Bonchev–Trinajstić information content (AvgIpc) is 3.29. The Labute approximate surface area is 249 Å². The standard InChI is InChI=1S/C33H42N6O3/c1-5-32(40)35-28-23-26(12-10-24(28)2)42-33-29(39-16-8-6-7-9-17-39)14-15-31(36-33)34-27-13-11-25(22-30(27)41-4)38-20-18-37(3)19-21-38/h5,10-15,22-23H,1,6-9,16-21H2,2-4H3,(H,34,36)(H,35,40). The summed E-state index contributed by atoms with van der Waals surface area (Å²) in [4.78, 5) is 24.0. The molecule has 2 fully saturated rings. The van der Waals surface area contributed by atoms with Crippen molar-refractivity contribution in [2.75, 3.05) is 73.9 Å². The minimum absolute atomic E-state index is 0.266. The molecule has 222 valence electrons. The Bertz CT molecular complexity index is 1390. The van der Waals surface area contributed by atoms with E-state index in [1.54, 1.807) is 7.11 Å². The summed E-state index contributed by atoms with van der Waals surface area (Å²) < 4.78 is 12.2. The average molecular weight is 571 g/mol. The summed E-state index contributed by atoms with van der Waals surface area (Å²) in [6, 6.07) is 16.0. The number of pyridine rings is 1. The van der Waals surface area contributed by atoms with Crippen molar-refractivity contribution in [1.29, 1.82) is 0 Å². The Kier molecular flexibility index (Phi) is 9.48. The molecule has 42 heavy (non-hydrogen) atoms.